The van der Waals surface area contributed by atoms with Crippen LogP contribution in [0.15, 0.2) is 15.5 Å². The molecule has 2 heterocycles. The fourth-order valence-corrected chi connectivity index (χ4v) is 3.83. The predicted octanol–water partition coefficient (Wildman–Crippen LogP) is 0.532. The Kier molecular flexibility index (Phi) is 3.76. The van der Waals surface area contributed by atoms with Crippen LogP contribution in [0.5, 0.6) is 0 Å². The molecule has 0 aliphatic carbocycles. The van der Waals surface area contributed by atoms with Gasteiger partial charge in [-0.15, -0.1) is 0 Å². The van der Waals surface area contributed by atoms with Crippen molar-refractivity contribution in [3.8, 4) is 0 Å². The Morgan fingerprint density at radius 1 is 1.44 bits per heavy atom. The Morgan fingerprint density at radius 3 is 2.67 bits per heavy atom. The van der Waals surface area contributed by atoms with Crippen molar-refractivity contribution in [1.29, 1.82) is 0 Å². The molecule has 0 saturated carbocycles. The molecule has 0 spiro atoms. The van der Waals surface area contributed by atoms with E-state index >= 15 is 0 Å². The van der Waals surface area contributed by atoms with Gasteiger partial charge in [-0.05, 0) is 28.8 Å². The Labute approximate surface area is 113 Å². The first-order valence-corrected chi connectivity index (χ1v) is 8.19. The first-order chi connectivity index (χ1) is 8.39. The van der Waals surface area contributed by atoms with E-state index in [1.54, 1.807) is 13.2 Å². The molecule has 1 aromatic rings. The number of nitrogens with one attached hydrogen (secondary N) is 1. The summed E-state index contributed by atoms with van der Waals surface area (Å²) in [4.78, 5) is 11.7. The SMILES string of the molecule is Cn1ncc(NC2CCS(=O)(=O)CC2)c(Br)c1=O. The molecule has 2 rings (SSSR count). The van der Waals surface area contributed by atoms with E-state index in [9.17, 15) is 13.2 Å². The summed E-state index contributed by atoms with van der Waals surface area (Å²) >= 11 is 3.23. The summed E-state index contributed by atoms with van der Waals surface area (Å²) in [7, 11) is -1.29. The maximum atomic E-state index is 11.7. The number of hydrogen-bond donors (Lipinski definition) is 1. The summed E-state index contributed by atoms with van der Waals surface area (Å²) < 4.78 is 24.3. The van der Waals surface area contributed by atoms with E-state index < -0.39 is 9.84 Å². The Bertz CT molecular complexity index is 597. The second kappa shape index (κ2) is 5.00. The second-order valence-corrected chi connectivity index (χ2v) is 7.47. The van der Waals surface area contributed by atoms with Gasteiger partial charge >= 0.3 is 0 Å². The van der Waals surface area contributed by atoms with E-state index in [4.69, 9.17) is 0 Å². The van der Waals surface area contributed by atoms with Gasteiger partial charge in [-0.3, -0.25) is 4.79 Å². The van der Waals surface area contributed by atoms with Gasteiger partial charge in [0.25, 0.3) is 5.56 Å². The number of rotatable bonds is 2. The molecule has 0 atom stereocenters. The predicted molar refractivity (Wildman–Crippen MR) is 72.5 cm³/mol. The largest absolute Gasteiger partial charge is 0.380 e. The van der Waals surface area contributed by atoms with Gasteiger partial charge in [0.1, 0.15) is 14.3 Å². The highest BCUT2D eigenvalue weighted by Gasteiger charge is 2.24. The molecular weight excluding hydrogens is 322 g/mol. The van der Waals surface area contributed by atoms with Crippen LogP contribution in [0.1, 0.15) is 12.8 Å². The highest BCUT2D eigenvalue weighted by Crippen LogP contribution is 2.21. The molecule has 0 unspecified atom stereocenters. The van der Waals surface area contributed by atoms with Gasteiger partial charge < -0.3 is 5.32 Å². The van der Waals surface area contributed by atoms with Crippen LogP contribution in [0, 0.1) is 0 Å². The molecule has 100 valence electrons. The van der Waals surface area contributed by atoms with Crippen LogP contribution in [0.3, 0.4) is 0 Å². The summed E-state index contributed by atoms with van der Waals surface area (Å²) in [6, 6.07) is 0.0683. The molecule has 1 aliphatic rings. The van der Waals surface area contributed by atoms with Crippen molar-refractivity contribution in [1.82, 2.24) is 9.78 Å². The van der Waals surface area contributed by atoms with Crippen LogP contribution in [-0.2, 0) is 16.9 Å². The minimum atomic E-state index is -2.87. The second-order valence-electron chi connectivity index (χ2n) is 4.37. The summed E-state index contributed by atoms with van der Waals surface area (Å²) in [6.45, 7) is 0. The van der Waals surface area contributed by atoms with Crippen LogP contribution in [0.4, 0.5) is 5.69 Å². The molecule has 1 aliphatic heterocycles. The minimum absolute atomic E-state index is 0.0683. The Balaban J connectivity index is 2.12. The minimum Gasteiger partial charge on any atom is -0.380 e. The summed E-state index contributed by atoms with van der Waals surface area (Å²) in [6.07, 6.45) is 2.68. The molecule has 0 aromatic carbocycles. The molecule has 0 amide bonds. The van der Waals surface area contributed by atoms with E-state index in [0.717, 1.165) is 0 Å². The number of hydrogen-bond acceptors (Lipinski definition) is 5. The van der Waals surface area contributed by atoms with Gasteiger partial charge in [-0.1, -0.05) is 0 Å². The lowest BCUT2D eigenvalue weighted by Gasteiger charge is -2.24. The van der Waals surface area contributed by atoms with Crippen molar-refractivity contribution in [2.75, 3.05) is 16.8 Å². The normalized spacial score (nSPS) is 19.7. The van der Waals surface area contributed by atoms with E-state index in [2.05, 4.69) is 26.3 Å². The number of aryl methyl sites for hydroxylation is 1. The summed E-state index contributed by atoms with van der Waals surface area (Å²) in [5.74, 6) is 0.390. The molecule has 1 aromatic heterocycles. The lowest BCUT2D eigenvalue weighted by Crippen LogP contribution is -2.33. The van der Waals surface area contributed by atoms with Crippen LogP contribution in [0.25, 0.3) is 0 Å². The Hall–Kier alpha value is -0.890. The van der Waals surface area contributed by atoms with Crippen LogP contribution in [0.2, 0.25) is 0 Å². The van der Waals surface area contributed by atoms with Gasteiger partial charge in [0.05, 0.1) is 23.4 Å². The topological polar surface area (TPSA) is 81.1 Å². The molecular formula is C10H14BrN3O3S. The van der Waals surface area contributed by atoms with Gasteiger partial charge in [-0.2, -0.15) is 5.10 Å². The molecule has 1 N–H and O–H groups in total. The van der Waals surface area contributed by atoms with E-state index in [1.807, 2.05) is 0 Å². The van der Waals surface area contributed by atoms with Gasteiger partial charge in [0, 0.05) is 13.1 Å². The van der Waals surface area contributed by atoms with Crippen molar-refractivity contribution < 1.29 is 8.42 Å². The molecule has 18 heavy (non-hydrogen) atoms. The average Bonchev–Trinajstić information content (AvgIpc) is 2.32. The van der Waals surface area contributed by atoms with E-state index in [0.29, 0.717) is 23.0 Å². The van der Waals surface area contributed by atoms with Crippen molar-refractivity contribution >= 4 is 31.5 Å². The zero-order valence-corrected chi connectivity index (χ0v) is 12.3. The lowest BCUT2D eigenvalue weighted by molar-refractivity contribution is 0.559. The monoisotopic (exact) mass is 335 g/mol. The summed E-state index contributed by atoms with van der Waals surface area (Å²) in [5.41, 5.74) is 0.394. The van der Waals surface area contributed by atoms with Crippen LogP contribution >= 0.6 is 15.9 Å². The standard InChI is InChI=1S/C10H14BrN3O3S/c1-14-10(15)9(11)8(6-12-14)13-7-2-4-18(16,17)5-3-7/h6-7,13H,2-5H2,1H3. The number of anilines is 1. The fourth-order valence-electron chi connectivity index (χ4n) is 1.87. The van der Waals surface area contributed by atoms with Crippen molar-refractivity contribution in [3.63, 3.8) is 0 Å². The highest BCUT2D eigenvalue weighted by molar-refractivity contribution is 9.10. The maximum absolute atomic E-state index is 11.7. The zero-order valence-electron chi connectivity index (χ0n) is 9.89. The third-order valence-electron chi connectivity index (χ3n) is 2.99. The molecule has 0 bridgehead atoms. The lowest BCUT2D eigenvalue weighted by atomic mass is 10.1. The van der Waals surface area contributed by atoms with Crippen molar-refractivity contribution in [2.24, 2.45) is 7.05 Å². The molecule has 1 fully saturated rings. The molecule has 0 radical (unpaired) electrons. The summed E-state index contributed by atoms with van der Waals surface area (Å²) in [5, 5.41) is 7.09. The highest BCUT2D eigenvalue weighted by atomic mass is 79.9. The van der Waals surface area contributed by atoms with E-state index in [1.165, 1.54) is 4.68 Å². The molecule has 6 nitrogen and oxygen atoms in total. The van der Waals surface area contributed by atoms with Crippen molar-refractivity contribution in [3.05, 3.63) is 21.0 Å². The van der Waals surface area contributed by atoms with E-state index in [-0.39, 0.29) is 23.1 Å². The third-order valence-corrected chi connectivity index (χ3v) is 5.47. The van der Waals surface area contributed by atoms with Crippen molar-refractivity contribution in [2.45, 2.75) is 18.9 Å². The number of aromatic nitrogens is 2. The molecule has 8 heteroatoms. The Morgan fingerprint density at radius 2 is 2.06 bits per heavy atom. The van der Waals surface area contributed by atoms with Gasteiger partial charge in [0.2, 0.25) is 0 Å². The van der Waals surface area contributed by atoms with Gasteiger partial charge in [-0.25, -0.2) is 13.1 Å². The number of halogens is 1. The quantitative estimate of drug-likeness (QED) is 0.852. The van der Waals surface area contributed by atoms with Crippen LogP contribution < -0.4 is 10.9 Å². The molecule has 1 saturated heterocycles. The smallest absolute Gasteiger partial charge is 0.282 e. The number of sulfone groups is 1. The zero-order chi connectivity index (χ0) is 13.3. The first-order valence-electron chi connectivity index (χ1n) is 5.58. The third kappa shape index (κ3) is 2.92. The first kappa shape index (κ1) is 13.5. The van der Waals surface area contributed by atoms with Crippen LogP contribution in [-0.4, -0.2) is 35.7 Å². The van der Waals surface area contributed by atoms with Gasteiger partial charge in [0.15, 0.2) is 0 Å². The fraction of sp³-hybridized carbons (Fsp3) is 0.600. The average molecular weight is 336 g/mol. The maximum Gasteiger partial charge on any atom is 0.282 e. The number of nitrogens with zero attached hydrogens (tertiary/aromatic N) is 2.